The van der Waals surface area contributed by atoms with E-state index in [4.69, 9.17) is 10.8 Å². The van der Waals surface area contributed by atoms with Crippen molar-refractivity contribution in [2.45, 2.75) is 65.2 Å². The van der Waals surface area contributed by atoms with Crippen LogP contribution >= 0.6 is 0 Å². The maximum atomic E-state index is 13.2. The summed E-state index contributed by atoms with van der Waals surface area (Å²) in [5.41, 5.74) is 0.00413. The first-order chi connectivity index (χ1) is 13.4. The molecule has 2 saturated carbocycles. The van der Waals surface area contributed by atoms with Crippen LogP contribution in [0.1, 0.15) is 65.2 Å². The molecule has 2 N–H and O–H groups in total. The van der Waals surface area contributed by atoms with Crippen molar-refractivity contribution < 1.29 is 9.59 Å². The summed E-state index contributed by atoms with van der Waals surface area (Å²) in [7, 11) is 0. The monoisotopic (exact) mass is 380 g/mol. The molecule has 0 amide bonds. The van der Waals surface area contributed by atoms with Gasteiger partial charge in [-0.15, -0.1) is 0 Å². The molecule has 2 heterocycles. The lowest BCUT2D eigenvalue weighted by Crippen LogP contribution is -2.57. The van der Waals surface area contributed by atoms with Crippen molar-refractivity contribution in [2.24, 2.45) is 30.8 Å². The summed E-state index contributed by atoms with van der Waals surface area (Å²) >= 11 is 0. The second-order valence-electron chi connectivity index (χ2n) is 7.76. The summed E-state index contributed by atoms with van der Waals surface area (Å²) < 4.78 is 0. The van der Waals surface area contributed by atoms with Gasteiger partial charge < -0.3 is 0 Å². The molecule has 0 aromatic carbocycles. The number of guanidine groups is 2. The predicted octanol–water partition coefficient (Wildman–Crippen LogP) is 2.95. The molecule has 2 unspecified atom stereocenters. The maximum absolute atomic E-state index is 13.2. The van der Waals surface area contributed by atoms with E-state index in [1.54, 1.807) is 0 Å². The SMILES string of the molecule is CCC(=O)C12CCCC1=NC(=N)N=C2C1=NC(=N)N=C2CCCC21C(=O)CC. The third-order valence-corrected chi connectivity index (χ3v) is 6.46. The van der Waals surface area contributed by atoms with Crippen LogP contribution in [-0.4, -0.2) is 46.3 Å². The number of nitrogens with one attached hydrogen (secondary N) is 2. The van der Waals surface area contributed by atoms with E-state index in [9.17, 15) is 9.59 Å². The first-order valence-electron chi connectivity index (χ1n) is 9.98. The molecule has 146 valence electrons. The van der Waals surface area contributed by atoms with Crippen molar-refractivity contribution in [3.05, 3.63) is 0 Å². The summed E-state index contributed by atoms with van der Waals surface area (Å²) in [6.07, 6.45) is 4.55. The Morgan fingerprint density at radius 1 is 0.786 bits per heavy atom. The molecule has 0 spiro atoms. The largest absolute Gasteiger partial charge is 0.298 e. The Kier molecular flexibility index (Phi) is 4.32. The number of rotatable bonds is 5. The highest BCUT2D eigenvalue weighted by Crippen LogP contribution is 2.48. The van der Waals surface area contributed by atoms with Crippen LogP contribution in [-0.2, 0) is 9.59 Å². The van der Waals surface area contributed by atoms with Crippen molar-refractivity contribution in [3.63, 3.8) is 0 Å². The number of carbonyl (C=O) groups is 2. The van der Waals surface area contributed by atoms with Gasteiger partial charge in [-0.25, -0.2) is 20.0 Å². The van der Waals surface area contributed by atoms with Crippen LogP contribution in [0.5, 0.6) is 0 Å². The first kappa shape index (κ1) is 18.7. The molecular weight excluding hydrogens is 356 g/mol. The maximum Gasteiger partial charge on any atom is 0.242 e. The van der Waals surface area contributed by atoms with E-state index in [2.05, 4.69) is 20.0 Å². The van der Waals surface area contributed by atoms with Crippen LogP contribution in [0.15, 0.2) is 20.0 Å². The number of ketones is 2. The number of aliphatic imine (C=N–C) groups is 4. The molecule has 0 aromatic heterocycles. The van der Waals surface area contributed by atoms with Gasteiger partial charge in [0.05, 0.1) is 11.4 Å². The molecular formula is C20H24N6O2. The number of fused-ring (bicyclic) bond motifs is 2. The normalized spacial score (nSPS) is 31.5. The lowest BCUT2D eigenvalue weighted by molar-refractivity contribution is -0.123. The predicted molar refractivity (Wildman–Crippen MR) is 108 cm³/mol. The molecule has 2 atom stereocenters. The standard InChI is InChI=1S/C20H24N6O2/c1-3-13(27)19-9-5-7-11(19)23-17(21)25-15(19)16-20(14(28)4-2)10-6-8-12(20)24-18(22)26-16/h21-22H,3-10H2,1-2H3. The number of hydrogen-bond acceptors (Lipinski definition) is 4. The van der Waals surface area contributed by atoms with Gasteiger partial charge in [0, 0.05) is 24.3 Å². The average Bonchev–Trinajstić information content (AvgIpc) is 3.30. The van der Waals surface area contributed by atoms with E-state index in [0.29, 0.717) is 61.4 Å². The van der Waals surface area contributed by atoms with Gasteiger partial charge in [0.2, 0.25) is 11.9 Å². The second kappa shape index (κ2) is 6.46. The Bertz CT molecular complexity index is 864. The number of nitrogens with zero attached hydrogens (tertiary/aromatic N) is 4. The van der Waals surface area contributed by atoms with Gasteiger partial charge in [-0.3, -0.25) is 20.4 Å². The lowest BCUT2D eigenvalue weighted by Gasteiger charge is -2.39. The molecule has 0 bridgehead atoms. The fraction of sp³-hybridized carbons (Fsp3) is 0.600. The van der Waals surface area contributed by atoms with E-state index < -0.39 is 10.8 Å². The van der Waals surface area contributed by atoms with Gasteiger partial charge in [-0.1, -0.05) is 13.8 Å². The van der Waals surface area contributed by atoms with E-state index >= 15 is 0 Å². The van der Waals surface area contributed by atoms with Crippen molar-refractivity contribution in [3.8, 4) is 0 Å². The van der Waals surface area contributed by atoms with Crippen LogP contribution in [0.4, 0.5) is 0 Å². The van der Waals surface area contributed by atoms with Crippen LogP contribution < -0.4 is 0 Å². The molecule has 4 rings (SSSR count). The van der Waals surface area contributed by atoms with Gasteiger partial charge in [0.25, 0.3) is 0 Å². The highest BCUT2D eigenvalue weighted by molar-refractivity contribution is 6.62. The summed E-state index contributed by atoms with van der Waals surface area (Å²) in [4.78, 5) is 43.8. The van der Waals surface area contributed by atoms with Crippen LogP contribution in [0.25, 0.3) is 0 Å². The molecule has 2 aliphatic carbocycles. The fourth-order valence-corrected chi connectivity index (χ4v) is 5.26. The Morgan fingerprint density at radius 2 is 1.18 bits per heavy atom. The Balaban J connectivity index is 1.97. The van der Waals surface area contributed by atoms with Gasteiger partial charge in [-0.2, -0.15) is 0 Å². The molecule has 2 aliphatic heterocycles. The second-order valence-corrected chi connectivity index (χ2v) is 7.76. The minimum absolute atomic E-state index is 0.00890. The molecule has 8 heteroatoms. The third-order valence-electron chi connectivity index (χ3n) is 6.46. The average molecular weight is 380 g/mol. The molecule has 0 saturated heterocycles. The Morgan fingerprint density at radius 3 is 1.54 bits per heavy atom. The molecule has 0 aromatic rings. The van der Waals surface area contributed by atoms with Crippen LogP contribution in [0.3, 0.4) is 0 Å². The smallest absolute Gasteiger partial charge is 0.242 e. The minimum atomic E-state index is -1.02. The molecule has 28 heavy (non-hydrogen) atoms. The van der Waals surface area contributed by atoms with E-state index in [0.717, 1.165) is 12.8 Å². The van der Waals surface area contributed by atoms with E-state index in [1.165, 1.54) is 0 Å². The molecule has 0 radical (unpaired) electrons. The van der Waals surface area contributed by atoms with Gasteiger partial charge in [0.1, 0.15) is 22.4 Å². The highest BCUT2D eigenvalue weighted by atomic mass is 16.1. The van der Waals surface area contributed by atoms with Gasteiger partial charge >= 0.3 is 0 Å². The van der Waals surface area contributed by atoms with Crippen molar-refractivity contribution in [1.29, 1.82) is 10.8 Å². The molecule has 2 fully saturated rings. The van der Waals surface area contributed by atoms with Crippen molar-refractivity contribution >= 4 is 46.3 Å². The number of hydrogen-bond donors (Lipinski definition) is 2. The zero-order valence-electron chi connectivity index (χ0n) is 16.3. The van der Waals surface area contributed by atoms with Crippen molar-refractivity contribution in [1.82, 2.24) is 0 Å². The van der Waals surface area contributed by atoms with Crippen molar-refractivity contribution in [2.75, 3.05) is 0 Å². The summed E-state index contributed by atoms with van der Waals surface area (Å²) in [6.45, 7) is 3.62. The first-order valence-corrected chi connectivity index (χ1v) is 9.98. The Hall–Kier alpha value is -2.64. The summed E-state index contributed by atoms with van der Waals surface area (Å²) in [5, 5.41) is 16.2. The van der Waals surface area contributed by atoms with Crippen LogP contribution in [0.2, 0.25) is 0 Å². The zero-order chi connectivity index (χ0) is 20.1. The van der Waals surface area contributed by atoms with Gasteiger partial charge in [0.15, 0.2) is 0 Å². The summed E-state index contributed by atoms with van der Waals surface area (Å²) in [6, 6.07) is 0. The summed E-state index contributed by atoms with van der Waals surface area (Å²) in [5.74, 6) is -0.348. The van der Waals surface area contributed by atoms with Crippen LogP contribution in [0, 0.1) is 21.6 Å². The molecule has 8 nitrogen and oxygen atoms in total. The quantitative estimate of drug-likeness (QED) is 0.759. The number of Topliss-reactive ketones (excluding diaryl/α,β-unsaturated/α-hetero) is 2. The molecule has 4 aliphatic rings. The number of carbonyl (C=O) groups excluding carboxylic acids is 2. The third kappa shape index (κ3) is 2.29. The zero-order valence-corrected chi connectivity index (χ0v) is 16.3. The highest BCUT2D eigenvalue weighted by Gasteiger charge is 2.60. The minimum Gasteiger partial charge on any atom is -0.298 e. The van der Waals surface area contributed by atoms with E-state index in [-0.39, 0.29) is 23.5 Å². The van der Waals surface area contributed by atoms with Gasteiger partial charge in [-0.05, 0) is 38.5 Å². The Labute approximate surface area is 163 Å². The fourth-order valence-electron chi connectivity index (χ4n) is 5.26. The van der Waals surface area contributed by atoms with E-state index in [1.807, 2.05) is 13.8 Å². The lowest BCUT2D eigenvalue weighted by atomic mass is 9.64. The topological polar surface area (TPSA) is 131 Å².